The molecule has 2 rings (SSSR count). The van der Waals surface area contributed by atoms with E-state index in [4.69, 9.17) is 4.74 Å². The normalized spacial score (nSPS) is 12.2. The second-order valence-corrected chi connectivity index (χ2v) is 9.87. The average Bonchev–Trinajstić information content (AvgIpc) is 2.65. The van der Waals surface area contributed by atoms with Crippen molar-refractivity contribution in [3.63, 3.8) is 0 Å². The molecule has 4 nitrogen and oxygen atoms in total. The van der Waals surface area contributed by atoms with E-state index >= 15 is 0 Å². The summed E-state index contributed by atoms with van der Waals surface area (Å²) >= 11 is 0. The summed E-state index contributed by atoms with van der Waals surface area (Å²) in [4.78, 5) is 0.440. The molecule has 0 saturated heterocycles. The van der Waals surface area contributed by atoms with E-state index in [9.17, 15) is 8.42 Å². The van der Waals surface area contributed by atoms with E-state index in [2.05, 4.69) is 30.7 Å². The fraction of sp³-hybridized carbons (Fsp3) is 0.478. The highest BCUT2D eigenvalue weighted by molar-refractivity contribution is 7.89. The van der Waals surface area contributed by atoms with Crippen LogP contribution >= 0.6 is 0 Å². The molecule has 0 aromatic heterocycles. The molecule has 0 heterocycles. The van der Waals surface area contributed by atoms with Gasteiger partial charge < -0.3 is 4.74 Å². The summed E-state index contributed by atoms with van der Waals surface area (Å²) in [7, 11) is -2.04. The van der Waals surface area contributed by atoms with Crippen LogP contribution in [0.1, 0.15) is 81.5 Å². The van der Waals surface area contributed by atoms with Gasteiger partial charge in [0.05, 0.1) is 12.0 Å². The number of hydrogen-bond donors (Lipinski definition) is 1. The molecule has 0 bridgehead atoms. The van der Waals surface area contributed by atoms with E-state index in [0.717, 1.165) is 22.4 Å². The summed E-state index contributed by atoms with van der Waals surface area (Å²) in [5, 5.41) is 0. The first-order valence-corrected chi connectivity index (χ1v) is 11.4. The number of nitrogens with one attached hydrogen (secondary N) is 1. The summed E-state index contributed by atoms with van der Waals surface area (Å²) in [6.07, 6.45) is 0. The summed E-state index contributed by atoms with van der Waals surface area (Å²) in [5.41, 5.74) is 3.84. The van der Waals surface area contributed by atoms with Crippen molar-refractivity contribution in [3.05, 3.63) is 58.7 Å². The van der Waals surface area contributed by atoms with Crippen LogP contribution in [0.2, 0.25) is 0 Å². The van der Waals surface area contributed by atoms with Gasteiger partial charge in [-0.15, -0.1) is 0 Å². The Hall–Kier alpha value is -1.85. The highest BCUT2D eigenvalue weighted by Gasteiger charge is 2.26. The summed E-state index contributed by atoms with van der Waals surface area (Å²) in [6.45, 7) is 12.7. The second kappa shape index (κ2) is 9.10. The molecule has 2 aromatic carbocycles. The fourth-order valence-corrected chi connectivity index (χ4v) is 4.90. The Bertz CT molecular complexity index is 869. The summed E-state index contributed by atoms with van der Waals surface area (Å²) < 4.78 is 34.6. The van der Waals surface area contributed by atoms with Gasteiger partial charge in [-0.3, -0.25) is 0 Å². The fourth-order valence-electron chi connectivity index (χ4n) is 3.19. The predicted molar refractivity (Wildman–Crippen MR) is 116 cm³/mol. The highest BCUT2D eigenvalue weighted by atomic mass is 32.2. The first kappa shape index (κ1) is 22.4. The van der Waals surface area contributed by atoms with Crippen LogP contribution in [0.4, 0.5) is 0 Å². The molecule has 0 spiro atoms. The number of hydrogen-bond acceptors (Lipinski definition) is 3. The first-order valence-electron chi connectivity index (χ1n) is 9.87. The van der Waals surface area contributed by atoms with Crippen molar-refractivity contribution in [3.8, 4) is 5.75 Å². The van der Waals surface area contributed by atoms with Gasteiger partial charge in [-0.25, -0.2) is 13.1 Å². The lowest BCUT2D eigenvalue weighted by atomic mass is 9.89. The molecule has 0 radical (unpaired) electrons. The van der Waals surface area contributed by atoms with E-state index in [1.165, 1.54) is 5.56 Å². The maximum Gasteiger partial charge on any atom is 0.241 e. The Balaban J connectivity index is 2.47. The molecule has 0 aliphatic rings. The van der Waals surface area contributed by atoms with E-state index in [1.54, 1.807) is 7.11 Å². The van der Waals surface area contributed by atoms with Crippen molar-refractivity contribution in [1.29, 1.82) is 0 Å². The molecule has 28 heavy (non-hydrogen) atoms. The molecule has 0 atom stereocenters. The molecule has 0 unspecified atom stereocenters. The van der Waals surface area contributed by atoms with Crippen LogP contribution in [0.5, 0.6) is 5.75 Å². The van der Waals surface area contributed by atoms with Crippen molar-refractivity contribution in [2.45, 2.75) is 70.7 Å². The minimum atomic E-state index is -3.65. The van der Waals surface area contributed by atoms with E-state index in [1.807, 2.05) is 52.0 Å². The van der Waals surface area contributed by atoms with Gasteiger partial charge in [-0.1, -0.05) is 65.8 Å². The Morgan fingerprint density at radius 2 is 1.36 bits per heavy atom. The van der Waals surface area contributed by atoms with Gasteiger partial charge in [0.1, 0.15) is 5.75 Å². The van der Waals surface area contributed by atoms with Crippen molar-refractivity contribution in [2.75, 3.05) is 7.11 Å². The minimum absolute atomic E-state index is 0.115. The van der Waals surface area contributed by atoms with Gasteiger partial charge in [-0.2, -0.15) is 0 Å². The second-order valence-electron chi connectivity index (χ2n) is 8.17. The number of methoxy groups -OCH3 is 1. The third kappa shape index (κ3) is 5.15. The SMILES string of the molecule is COc1ccc(CNS(=O)(=O)c2c(C(C)C)cc(C(C)C)cc2C(C)C)cc1. The molecular weight excluding hydrogens is 370 g/mol. The van der Waals surface area contributed by atoms with Crippen LogP contribution in [-0.2, 0) is 16.6 Å². The Kier molecular flexibility index (Phi) is 7.29. The molecule has 2 aromatic rings. The summed E-state index contributed by atoms with van der Waals surface area (Å²) in [5.74, 6) is 1.33. The number of sulfonamides is 1. The lowest BCUT2D eigenvalue weighted by Crippen LogP contribution is -2.26. The smallest absolute Gasteiger partial charge is 0.241 e. The quantitative estimate of drug-likeness (QED) is 0.629. The molecule has 5 heteroatoms. The van der Waals surface area contributed by atoms with Gasteiger partial charge in [0.15, 0.2) is 0 Å². The number of rotatable bonds is 8. The maximum absolute atomic E-state index is 13.3. The lowest BCUT2D eigenvalue weighted by Gasteiger charge is -2.23. The zero-order valence-corrected chi connectivity index (χ0v) is 18.9. The monoisotopic (exact) mass is 403 g/mol. The van der Waals surface area contributed by atoms with Crippen molar-refractivity contribution in [2.24, 2.45) is 0 Å². The van der Waals surface area contributed by atoms with Crippen LogP contribution in [-0.4, -0.2) is 15.5 Å². The maximum atomic E-state index is 13.3. The Labute approximate surface area is 170 Å². The Morgan fingerprint density at radius 1 is 0.857 bits per heavy atom. The number of benzene rings is 2. The molecule has 0 aliphatic carbocycles. The van der Waals surface area contributed by atoms with Crippen molar-refractivity contribution >= 4 is 10.0 Å². The minimum Gasteiger partial charge on any atom is -0.497 e. The molecule has 0 amide bonds. The molecular formula is C23H33NO3S. The van der Waals surface area contributed by atoms with E-state index in [-0.39, 0.29) is 18.4 Å². The van der Waals surface area contributed by atoms with Crippen molar-refractivity contribution in [1.82, 2.24) is 4.72 Å². The average molecular weight is 404 g/mol. The molecule has 0 saturated carbocycles. The number of ether oxygens (including phenoxy) is 1. The van der Waals surface area contributed by atoms with Crippen LogP contribution in [0.25, 0.3) is 0 Å². The van der Waals surface area contributed by atoms with Crippen molar-refractivity contribution < 1.29 is 13.2 Å². The Morgan fingerprint density at radius 3 is 1.75 bits per heavy atom. The van der Waals surface area contributed by atoms with E-state index in [0.29, 0.717) is 10.8 Å². The first-order chi connectivity index (χ1) is 13.1. The van der Waals surface area contributed by atoms with Crippen LogP contribution in [0, 0.1) is 0 Å². The van der Waals surface area contributed by atoms with Gasteiger partial charge in [0.25, 0.3) is 0 Å². The largest absolute Gasteiger partial charge is 0.497 e. The van der Waals surface area contributed by atoms with Gasteiger partial charge in [0, 0.05) is 6.54 Å². The van der Waals surface area contributed by atoms with Gasteiger partial charge >= 0.3 is 0 Å². The van der Waals surface area contributed by atoms with Gasteiger partial charge in [-0.05, 0) is 52.1 Å². The lowest BCUT2D eigenvalue weighted by molar-refractivity contribution is 0.414. The van der Waals surface area contributed by atoms with Crippen LogP contribution < -0.4 is 9.46 Å². The van der Waals surface area contributed by atoms with E-state index < -0.39 is 10.0 Å². The molecule has 154 valence electrons. The predicted octanol–water partition coefficient (Wildman–Crippen LogP) is 5.54. The topological polar surface area (TPSA) is 55.4 Å². The van der Waals surface area contributed by atoms with Crippen LogP contribution in [0.3, 0.4) is 0 Å². The highest BCUT2D eigenvalue weighted by Crippen LogP contribution is 2.35. The molecule has 0 fully saturated rings. The van der Waals surface area contributed by atoms with Crippen LogP contribution in [0.15, 0.2) is 41.3 Å². The summed E-state index contributed by atoms with van der Waals surface area (Å²) in [6, 6.07) is 11.5. The molecule has 0 aliphatic heterocycles. The zero-order valence-electron chi connectivity index (χ0n) is 18.0. The third-order valence-electron chi connectivity index (χ3n) is 4.97. The zero-order chi connectivity index (χ0) is 21.1. The van der Waals surface area contributed by atoms with Gasteiger partial charge in [0.2, 0.25) is 10.0 Å². The standard InChI is InChI=1S/C23H33NO3S/c1-15(2)19-12-21(16(3)4)23(22(13-19)17(5)6)28(25,26)24-14-18-8-10-20(27-7)11-9-18/h8-13,15-17,24H,14H2,1-7H3. The third-order valence-corrected chi connectivity index (χ3v) is 6.51. The molecule has 1 N–H and O–H groups in total.